The first-order valence-corrected chi connectivity index (χ1v) is 8.11. The summed E-state index contributed by atoms with van der Waals surface area (Å²) in [5.74, 6) is -2.34. The lowest BCUT2D eigenvalue weighted by molar-refractivity contribution is 0.0595. The van der Waals surface area contributed by atoms with Crippen LogP contribution in [-0.4, -0.2) is 44.2 Å². The van der Waals surface area contributed by atoms with Crippen LogP contribution in [0, 0.1) is 18.6 Å². The predicted octanol–water partition coefficient (Wildman–Crippen LogP) is 3.60. The van der Waals surface area contributed by atoms with E-state index in [1.54, 1.807) is 0 Å². The number of nitrogens with zero attached hydrogens (tertiary/aromatic N) is 1. The lowest BCUT2D eigenvalue weighted by Crippen LogP contribution is -2.34. The van der Waals surface area contributed by atoms with Crippen LogP contribution < -0.4 is 10.1 Å². The number of para-hydroxylation sites is 1. The zero-order valence-electron chi connectivity index (χ0n) is 15.2. The molecule has 2 aromatic carbocycles. The summed E-state index contributed by atoms with van der Waals surface area (Å²) < 4.78 is 37.6. The predicted molar refractivity (Wildman–Crippen MR) is 96.0 cm³/mol. The van der Waals surface area contributed by atoms with Crippen LogP contribution in [0.25, 0.3) is 0 Å². The Labute approximate surface area is 155 Å². The van der Waals surface area contributed by atoms with Crippen LogP contribution in [0.5, 0.6) is 5.75 Å². The molecule has 0 heterocycles. The van der Waals surface area contributed by atoms with E-state index in [-0.39, 0.29) is 18.8 Å². The topological polar surface area (TPSA) is 67.9 Å². The maximum atomic E-state index is 13.9. The summed E-state index contributed by atoms with van der Waals surface area (Å²) in [6, 6.07) is 8.23. The highest BCUT2D eigenvalue weighted by molar-refractivity contribution is 5.94. The van der Waals surface area contributed by atoms with Gasteiger partial charge in [0.05, 0.1) is 24.9 Å². The molecule has 0 aliphatic carbocycles. The molecule has 2 aromatic rings. The number of likely N-dealkylation sites (N-methyl/N-ethyl adjacent to an activating group) is 1. The summed E-state index contributed by atoms with van der Waals surface area (Å²) in [4.78, 5) is 25.0. The van der Waals surface area contributed by atoms with Gasteiger partial charge in [0.25, 0.3) is 0 Å². The van der Waals surface area contributed by atoms with E-state index in [1.807, 2.05) is 31.2 Å². The molecule has 27 heavy (non-hydrogen) atoms. The fourth-order valence-electron chi connectivity index (χ4n) is 2.23. The first-order valence-electron chi connectivity index (χ1n) is 8.11. The van der Waals surface area contributed by atoms with E-state index in [9.17, 15) is 18.4 Å². The Kier molecular flexibility index (Phi) is 6.70. The molecule has 144 valence electrons. The van der Waals surface area contributed by atoms with Crippen molar-refractivity contribution in [2.24, 2.45) is 0 Å². The number of anilines is 1. The fraction of sp³-hybridized carbons (Fsp3) is 0.263. The number of rotatable bonds is 6. The molecule has 0 unspecified atom stereocenters. The van der Waals surface area contributed by atoms with E-state index in [0.29, 0.717) is 11.8 Å². The molecule has 0 saturated carbocycles. The van der Waals surface area contributed by atoms with Crippen LogP contribution in [0.2, 0.25) is 0 Å². The molecule has 1 N–H and O–H groups in total. The Balaban J connectivity index is 1.97. The number of amides is 2. The van der Waals surface area contributed by atoms with Gasteiger partial charge in [-0.3, -0.25) is 0 Å². The zero-order valence-corrected chi connectivity index (χ0v) is 15.2. The maximum Gasteiger partial charge on any atom is 0.340 e. The Morgan fingerprint density at radius 3 is 2.52 bits per heavy atom. The van der Waals surface area contributed by atoms with Crippen molar-refractivity contribution >= 4 is 17.7 Å². The van der Waals surface area contributed by atoms with Crippen LogP contribution in [-0.2, 0) is 4.74 Å². The highest BCUT2D eigenvalue weighted by Crippen LogP contribution is 2.21. The maximum absolute atomic E-state index is 13.9. The van der Waals surface area contributed by atoms with E-state index in [0.717, 1.165) is 18.7 Å². The van der Waals surface area contributed by atoms with Crippen molar-refractivity contribution in [1.29, 1.82) is 0 Å². The molecule has 0 saturated heterocycles. The number of nitrogens with one attached hydrogen (secondary N) is 1. The number of carbonyl (C=O) groups is 2. The van der Waals surface area contributed by atoms with Gasteiger partial charge in [-0.1, -0.05) is 18.2 Å². The van der Waals surface area contributed by atoms with Gasteiger partial charge in [0, 0.05) is 13.1 Å². The van der Waals surface area contributed by atoms with Gasteiger partial charge in [-0.15, -0.1) is 0 Å². The second kappa shape index (κ2) is 8.98. The second-order valence-corrected chi connectivity index (χ2v) is 5.77. The molecule has 0 bridgehead atoms. The average Bonchev–Trinajstić information content (AvgIpc) is 2.64. The SMILES string of the molecule is COC(=O)c1cc(NC(=O)N(C)CCOc2ccccc2C)c(F)cc1F. The number of hydrogen-bond donors (Lipinski definition) is 1. The Morgan fingerprint density at radius 1 is 1.15 bits per heavy atom. The Bertz CT molecular complexity index is 842. The fourth-order valence-corrected chi connectivity index (χ4v) is 2.23. The number of urea groups is 1. The van der Waals surface area contributed by atoms with Crippen LogP contribution in [0.1, 0.15) is 15.9 Å². The van der Waals surface area contributed by atoms with E-state index < -0.39 is 29.2 Å². The molecule has 0 radical (unpaired) electrons. The summed E-state index contributed by atoms with van der Waals surface area (Å²) in [7, 11) is 2.57. The molecular weight excluding hydrogens is 358 g/mol. The van der Waals surface area contributed by atoms with Crippen LogP contribution in [0.4, 0.5) is 19.3 Å². The Morgan fingerprint density at radius 2 is 1.85 bits per heavy atom. The third-order valence-electron chi connectivity index (χ3n) is 3.83. The highest BCUT2D eigenvalue weighted by atomic mass is 19.1. The van der Waals surface area contributed by atoms with Gasteiger partial charge in [-0.05, 0) is 24.6 Å². The monoisotopic (exact) mass is 378 g/mol. The van der Waals surface area contributed by atoms with Crippen molar-refractivity contribution in [2.45, 2.75) is 6.92 Å². The summed E-state index contributed by atoms with van der Waals surface area (Å²) in [5.41, 5.74) is 0.168. The molecule has 8 heteroatoms. The van der Waals surface area contributed by atoms with E-state index in [2.05, 4.69) is 10.1 Å². The molecule has 6 nitrogen and oxygen atoms in total. The zero-order chi connectivity index (χ0) is 20.0. The lowest BCUT2D eigenvalue weighted by atomic mass is 10.2. The molecule has 2 amide bonds. The number of esters is 1. The van der Waals surface area contributed by atoms with Crippen molar-refractivity contribution in [3.63, 3.8) is 0 Å². The van der Waals surface area contributed by atoms with Crippen molar-refractivity contribution in [3.8, 4) is 5.75 Å². The van der Waals surface area contributed by atoms with Gasteiger partial charge in [-0.25, -0.2) is 18.4 Å². The quantitative estimate of drug-likeness (QED) is 0.780. The van der Waals surface area contributed by atoms with Crippen LogP contribution >= 0.6 is 0 Å². The number of halogens is 2. The lowest BCUT2D eigenvalue weighted by Gasteiger charge is -2.19. The number of benzene rings is 2. The molecule has 2 rings (SSSR count). The molecule has 0 aliphatic rings. The summed E-state index contributed by atoms with van der Waals surface area (Å²) in [6.07, 6.45) is 0. The number of aryl methyl sites for hydroxylation is 1. The molecule has 0 aliphatic heterocycles. The van der Waals surface area contributed by atoms with Crippen molar-refractivity contribution in [2.75, 3.05) is 32.6 Å². The smallest absolute Gasteiger partial charge is 0.340 e. The number of ether oxygens (including phenoxy) is 2. The summed E-state index contributed by atoms with van der Waals surface area (Å²) >= 11 is 0. The van der Waals surface area contributed by atoms with E-state index in [1.165, 1.54) is 11.9 Å². The van der Waals surface area contributed by atoms with Crippen LogP contribution in [0.3, 0.4) is 0 Å². The molecular formula is C19H20F2N2O4. The van der Waals surface area contributed by atoms with Gasteiger partial charge >= 0.3 is 12.0 Å². The standard InChI is InChI=1S/C19H20F2N2O4/c1-12-6-4-5-7-17(12)27-9-8-23(2)19(25)22-16-10-13(18(24)26-3)14(20)11-15(16)21/h4-7,10-11H,8-9H2,1-3H3,(H,22,25). The first-order chi connectivity index (χ1) is 12.8. The molecule has 0 atom stereocenters. The van der Waals surface area contributed by atoms with Crippen molar-refractivity contribution < 1.29 is 27.8 Å². The molecule has 0 spiro atoms. The number of carbonyl (C=O) groups excluding carboxylic acids is 2. The summed E-state index contributed by atoms with van der Waals surface area (Å²) in [5, 5.41) is 2.30. The van der Waals surface area contributed by atoms with Crippen molar-refractivity contribution in [1.82, 2.24) is 4.90 Å². The molecule has 0 aromatic heterocycles. The third kappa shape index (κ3) is 5.16. The highest BCUT2D eigenvalue weighted by Gasteiger charge is 2.19. The summed E-state index contributed by atoms with van der Waals surface area (Å²) in [6.45, 7) is 2.36. The average molecular weight is 378 g/mol. The van der Waals surface area contributed by atoms with Gasteiger partial charge < -0.3 is 19.7 Å². The first kappa shape index (κ1) is 20.2. The minimum Gasteiger partial charge on any atom is -0.491 e. The van der Waals surface area contributed by atoms with Gasteiger partial charge in [0.15, 0.2) is 0 Å². The minimum absolute atomic E-state index is 0.229. The van der Waals surface area contributed by atoms with Gasteiger partial charge in [0.1, 0.15) is 24.0 Å². The van der Waals surface area contributed by atoms with E-state index in [4.69, 9.17) is 4.74 Å². The minimum atomic E-state index is -1.07. The van der Waals surface area contributed by atoms with Gasteiger partial charge in [-0.2, -0.15) is 0 Å². The van der Waals surface area contributed by atoms with Gasteiger partial charge in [0.2, 0.25) is 0 Å². The molecule has 0 fully saturated rings. The van der Waals surface area contributed by atoms with Crippen molar-refractivity contribution in [3.05, 3.63) is 59.2 Å². The number of methoxy groups -OCH3 is 1. The van der Waals surface area contributed by atoms with Crippen LogP contribution in [0.15, 0.2) is 36.4 Å². The Hall–Kier alpha value is -3.16. The number of hydrogen-bond acceptors (Lipinski definition) is 4. The largest absolute Gasteiger partial charge is 0.491 e. The second-order valence-electron chi connectivity index (χ2n) is 5.77. The normalized spacial score (nSPS) is 10.3. The third-order valence-corrected chi connectivity index (χ3v) is 3.83. The van der Waals surface area contributed by atoms with E-state index >= 15 is 0 Å².